The fourth-order valence-corrected chi connectivity index (χ4v) is 3.73. The maximum Gasteiger partial charge on any atom is 0.348 e. The summed E-state index contributed by atoms with van der Waals surface area (Å²) in [7, 11) is 0. The van der Waals surface area contributed by atoms with E-state index in [1.54, 1.807) is 12.1 Å². The second-order valence-corrected chi connectivity index (χ2v) is 6.84. The average molecular weight is 366 g/mol. The lowest BCUT2D eigenvalue weighted by molar-refractivity contribution is -0.117. The van der Waals surface area contributed by atoms with E-state index in [9.17, 15) is 19.5 Å². The number of aldehydes is 1. The number of epoxide rings is 1. The van der Waals surface area contributed by atoms with E-state index in [1.165, 1.54) is 0 Å². The van der Waals surface area contributed by atoms with E-state index in [4.69, 9.17) is 9.47 Å². The molecule has 2 aromatic carbocycles. The molecule has 0 radical (unpaired) electrons. The Morgan fingerprint density at radius 3 is 2.30 bits per heavy atom. The summed E-state index contributed by atoms with van der Waals surface area (Å²) in [6.45, 7) is 0. The first kappa shape index (κ1) is 17.4. The predicted octanol–water partition coefficient (Wildman–Crippen LogP) is 2.00. The fraction of sp³-hybridized carbons (Fsp3) is 0.286. The van der Waals surface area contributed by atoms with Crippen molar-refractivity contribution in [3.8, 4) is 11.1 Å². The maximum atomic E-state index is 12.5. The van der Waals surface area contributed by atoms with Crippen molar-refractivity contribution in [3.63, 3.8) is 0 Å². The SMILES string of the molecule is O=C[C@@H]1[C@@H]([C@@H]2OC2=O)[C@@H](O)C[C@H]1OC(=O)c1ccc(-c2ccccc2)cc1. The summed E-state index contributed by atoms with van der Waals surface area (Å²) in [6.07, 6.45) is -1.73. The van der Waals surface area contributed by atoms with Crippen molar-refractivity contribution in [2.75, 3.05) is 0 Å². The van der Waals surface area contributed by atoms with Crippen LogP contribution in [0.25, 0.3) is 11.1 Å². The molecule has 0 unspecified atom stereocenters. The number of hydrogen-bond acceptors (Lipinski definition) is 6. The smallest absolute Gasteiger partial charge is 0.348 e. The van der Waals surface area contributed by atoms with Crippen LogP contribution in [0.5, 0.6) is 0 Å². The topological polar surface area (TPSA) is 93.2 Å². The zero-order valence-electron chi connectivity index (χ0n) is 14.4. The highest BCUT2D eigenvalue weighted by atomic mass is 16.6. The third kappa shape index (κ3) is 3.36. The van der Waals surface area contributed by atoms with Gasteiger partial charge in [0.05, 0.1) is 17.6 Å². The minimum Gasteiger partial charge on any atom is -0.458 e. The Hall–Kier alpha value is -2.99. The number of rotatable bonds is 5. The lowest BCUT2D eigenvalue weighted by atomic mass is 9.92. The summed E-state index contributed by atoms with van der Waals surface area (Å²) in [6, 6.07) is 16.7. The van der Waals surface area contributed by atoms with Crippen LogP contribution >= 0.6 is 0 Å². The highest BCUT2D eigenvalue weighted by molar-refractivity contribution is 5.91. The van der Waals surface area contributed by atoms with E-state index in [0.29, 0.717) is 11.8 Å². The first-order valence-corrected chi connectivity index (χ1v) is 8.79. The van der Waals surface area contributed by atoms with Gasteiger partial charge in [-0.3, -0.25) is 0 Å². The molecule has 0 bridgehead atoms. The van der Waals surface area contributed by atoms with E-state index in [2.05, 4.69) is 0 Å². The molecule has 1 heterocycles. The van der Waals surface area contributed by atoms with Gasteiger partial charge in [0.1, 0.15) is 12.4 Å². The molecule has 5 atom stereocenters. The number of benzene rings is 2. The number of carbonyl (C=O) groups is 3. The number of aliphatic hydroxyl groups excluding tert-OH is 1. The van der Waals surface area contributed by atoms with Crippen LogP contribution in [0.1, 0.15) is 16.8 Å². The second kappa shape index (κ2) is 6.96. The van der Waals surface area contributed by atoms with Gasteiger partial charge in [0, 0.05) is 12.3 Å². The minimum atomic E-state index is -0.921. The molecule has 27 heavy (non-hydrogen) atoms. The van der Waals surface area contributed by atoms with E-state index >= 15 is 0 Å². The molecule has 2 aliphatic rings. The molecule has 1 saturated heterocycles. The molecular formula is C21H18O6. The number of carbonyl (C=O) groups excluding carboxylic acids is 3. The van der Waals surface area contributed by atoms with E-state index < -0.39 is 42.1 Å². The van der Waals surface area contributed by atoms with Gasteiger partial charge in [-0.1, -0.05) is 42.5 Å². The van der Waals surface area contributed by atoms with Crippen LogP contribution in [0, 0.1) is 11.8 Å². The summed E-state index contributed by atoms with van der Waals surface area (Å²) < 4.78 is 10.3. The summed E-state index contributed by atoms with van der Waals surface area (Å²) in [5.74, 6) is -2.42. The van der Waals surface area contributed by atoms with Gasteiger partial charge < -0.3 is 19.4 Å². The molecule has 2 fully saturated rings. The minimum absolute atomic E-state index is 0.106. The third-order valence-corrected chi connectivity index (χ3v) is 5.20. The fourth-order valence-electron chi connectivity index (χ4n) is 3.73. The molecule has 6 heteroatoms. The normalized spacial score (nSPS) is 29.1. The number of cyclic esters (lactones) is 1. The maximum absolute atomic E-state index is 12.5. The Balaban J connectivity index is 1.46. The van der Waals surface area contributed by atoms with Crippen LogP contribution in [0.15, 0.2) is 54.6 Å². The molecule has 0 amide bonds. The predicted molar refractivity (Wildman–Crippen MR) is 94.6 cm³/mol. The summed E-state index contributed by atoms with van der Waals surface area (Å²) in [4.78, 5) is 35.1. The van der Waals surface area contributed by atoms with E-state index in [-0.39, 0.29) is 6.42 Å². The largest absolute Gasteiger partial charge is 0.458 e. The number of ether oxygens (including phenoxy) is 2. The molecule has 0 aromatic heterocycles. The van der Waals surface area contributed by atoms with Crippen molar-refractivity contribution in [2.24, 2.45) is 11.8 Å². The van der Waals surface area contributed by atoms with Crippen molar-refractivity contribution in [2.45, 2.75) is 24.7 Å². The van der Waals surface area contributed by atoms with Gasteiger partial charge in [0.15, 0.2) is 0 Å². The average Bonchev–Trinajstić information content (AvgIpc) is 3.32. The monoisotopic (exact) mass is 366 g/mol. The van der Waals surface area contributed by atoms with E-state index in [0.717, 1.165) is 11.1 Å². The number of hydrogen-bond donors (Lipinski definition) is 1. The molecule has 1 aliphatic heterocycles. The van der Waals surface area contributed by atoms with Gasteiger partial charge in [0.2, 0.25) is 6.10 Å². The zero-order valence-corrected chi connectivity index (χ0v) is 14.4. The first-order valence-electron chi connectivity index (χ1n) is 8.79. The molecule has 1 N–H and O–H groups in total. The lowest BCUT2D eigenvalue weighted by Crippen LogP contribution is -2.30. The third-order valence-electron chi connectivity index (χ3n) is 5.20. The van der Waals surface area contributed by atoms with Crippen LogP contribution in [-0.4, -0.2) is 41.6 Å². The van der Waals surface area contributed by atoms with Gasteiger partial charge in [-0.25, -0.2) is 9.59 Å². The number of aliphatic hydroxyl groups is 1. The Morgan fingerprint density at radius 2 is 1.70 bits per heavy atom. The molecule has 1 aliphatic carbocycles. The Bertz CT molecular complexity index is 860. The second-order valence-electron chi connectivity index (χ2n) is 6.84. The van der Waals surface area contributed by atoms with Crippen LogP contribution in [0.4, 0.5) is 0 Å². The van der Waals surface area contributed by atoms with Crippen molar-refractivity contribution < 1.29 is 29.0 Å². The summed E-state index contributed by atoms with van der Waals surface area (Å²) >= 11 is 0. The van der Waals surface area contributed by atoms with Gasteiger partial charge in [0.25, 0.3) is 0 Å². The zero-order chi connectivity index (χ0) is 19.0. The molecular weight excluding hydrogens is 348 g/mol. The Labute approximate surface area is 155 Å². The van der Waals surface area contributed by atoms with Crippen LogP contribution < -0.4 is 0 Å². The van der Waals surface area contributed by atoms with Gasteiger partial charge in [-0.15, -0.1) is 0 Å². The van der Waals surface area contributed by atoms with Gasteiger partial charge in [-0.05, 0) is 23.3 Å². The molecule has 2 aromatic rings. The van der Waals surface area contributed by atoms with E-state index in [1.807, 2.05) is 42.5 Å². The summed E-state index contributed by atoms with van der Waals surface area (Å²) in [5, 5.41) is 10.2. The van der Waals surface area contributed by atoms with Crippen molar-refractivity contribution >= 4 is 18.2 Å². The van der Waals surface area contributed by atoms with Gasteiger partial charge >= 0.3 is 11.9 Å². The summed E-state index contributed by atoms with van der Waals surface area (Å²) in [5.41, 5.74) is 2.36. The molecule has 0 spiro atoms. The van der Waals surface area contributed by atoms with Crippen molar-refractivity contribution in [3.05, 3.63) is 60.2 Å². The first-order chi connectivity index (χ1) is 13.1. The Morgan fingerprint density at radius 1 is 1.07 bits per heavy atom. The highest BCUT2D eigenvalue weighted by Crippen LogP contribution is 2.41. The van der Waals surface area contributed by atoms with Crippen molar-refractivity contribution in [1.82, 2.24) is 0 Å². The molecule has 1 saturated carbocycles. The number of esters is 1. The van der Waals surface area contributed by atoms with Crippen LogP contribution in [0.2, 0.25) is 0 Å². The van der Waals surface area contributed by atoms with Gasteiger partial charge in [-0.2, -0.15) is 0 Å². The van der Waals surface area contributed by atoms with Crippen LogP contribution in [-0.2, 0) is 19.1 Å². The quantitative estimate of drug-likeness (QED) is 0.494. The lowest BCUT2D eigenvalue weighted by Gasteiger charge is -2.18. The molecule has 4 rings (SSSR count). The Kier molecular flexibility index (Phi) is 4.49. The molecule has 138 valence electrons. The highest BCUT2D eigenvalue weighted by Gasteiger charge is 2.58. The van der Waals surface area contributed by atoms with Crippen LogP contribution in [0.3, 0.4) is 0 Å². The molecule has 6 nitrogen and oxygen atoms in total. The standard InChI is InChI=1S/C21H18O6/c22-11-15-17(10-16(23)18(15)19-21(25)27-19)26-20(24)14-8-6-13(7-9-14)12-4-2-1-3-5-12/h1-9,11,15-19,23H,10H2/t15-,16-,17+,18+,19-/m0/s1. The van der Waals surface area contributed by atoms with Crippen molar-refractivity contribution in [1.29, 1.82) is 0 Å².